The Balaban J connectivity index is 2.30. The van der Waals surface area contributed by atoms with Crippen LogP contribution in [0.5, 0.6) is 0 Å². The van der Waals surface area contributed by atoms with Gasteiger partial charge in [0.2, 0.25) is 65.0 Å². The van der Waals surface area contributed by atoms with Crippen molar-refractivity contribution in [2.24, 2.45) is 39.6 Å². The van der Waals surface area contributed by atoms with Crippen molar-refractivity contribution in [3.05, 3.63) is 35.9 Å². The molecule has 12 atom stereocenters. The van der Waals surface area contributed by atoms with Gasteiger partial charge in [-0.3, -0.25) is 57.7 Å². The lowest BCUT2D eigenvalue weighted by Gasteiger charge is -2.30. The first kappa shape index (κ1) is 76.3. The highest BCUT2D eigenvalue weighted by Crippen LogP contribution is 2.21. The van der Waals surface area contributed by atoms with Crippen molar-refractivity contribution in [1.82, 2.24) is 52.8 Å². The lowest BCUT2D eigenvalue weighted by atomic mass is 10.00. The summed E-state index contributed by atoms with van der Waals surface area (Å²) in [7, 11) is 0. The minimum atomic E-state index is -1.90. The Kier molecular flexibility index (Phi) is 34.6. The minimum Gasteiger partial charge on any atom is -0.480 e. The number of aliphatic imine (C=N–C) groups is 1. The van der Waals surface area contributed by atoms with Crippen LogP contribution in [-0.2, 0) is 64.0 Å². The highest BCUT2D eigenvalue weighted by Gasteiger charge is 2.41. The number of nitrogens with zero attached hydrogens (tertiary/aromatic N) is 2. The molecule has 1 aliphatic heterocycles. The largest absolute Gasteiger partial charge is 0.480 e. The van der Waals surface area contributed by atoms with Gasteiger partial charge in [-0.05, 0) is 94.7 Å². The molecule has 33 nitrogen and oxygen atoms in total. The molecule has 0 saturated carbocycles. The van der Waals surface area contributed by atoms with Gasteiger partial charge in [0.05, 0.1) is 38.4 Å². The monoisotopic (exact) mass is 1270 g/mol. The van der Waals surface area contributed by atoms with Crippen LogP contribution in [0.4, 0.5) is 0 Å². The van der Waals surface area contributed by atoms with Gasteiger partial charge >= 0.3 is 5.97 Å². The summed E-state index contributed by atoms with van der Waals surface area (Å²) in [6.07, 6.45) is 0.525. The fraction of sp³-hybridized carbons (Fsp3) is 0.648. The van der Waals surface area contributed by atoms with Crippen LogP contribution < -0.4 is 76.5 Å². The number of carboxylic acids is 1. The summed E-state index contributed by atoms with van der Waals surface area (Å²) in [5.74, 6) is -12.4. The molecule has 0 spiro atoms. The lowest BCUT2D eigenvalue weighted by molar-refractivity contribution is -0.145. The first-order valence-corrected chi connectivity index (χ1v) is 30.1. The van der Waals surface area contributed by atoms with E-state index >= 15 is 0 Å². The predicted octanol–water partition coefficient (Wildman–Crippen LogP) is -7.79. The third kappa shape index (κ3) is 26.7. The van der Waals surface area contributed by atoms with Crippen LogP contribution in [0.25, 0.3) is 0 Å². The number of aliphatic hydroxyl groups excluding tert-OH is 4. The quantitative estimate of drug-likeness (QED) is 0.0164. The van der Waals surface area contributed by atoms with E-state index in [4.69, 9.17) is 28.7 Å². The molecule has 11 amide bonds. The number of carboxylic acid groups (broad SMARTS) is 1. The molecule has 1 fully saturated rings. The lowest BCUT2D eigenvalue weighted by Crippen LogP contribution is -2.63. The maximum Gasteiger partial charge on any atom is 0.326 e. The number of aliphatic hydroxyl groups is 4. The van der Waals surface area contributed by atoms with E-state index in [1.807, 2.05) is 0 Å². The molecule has 0 radical (unpaired) electrons. The molecular formula is C54H90N16O17S. The molecule has 494 valence electrons. The highest BCUT2D eigenvalue weighted by atomic mass is 32.2. The Morgan fingerprint density at radius 1 is 0.625 bits per heavy atom. The number of nitrogens with two attached hydrogens (primary N) is 5. The predicted molar refractivity (Wildman–Crippen MR) is 320 cm³/mol. The van der Waals surface area contributed by atoms with E-state index in [9.17, 15) is 83.1 Å². The van der Waals surface area contributed by atoms with Crippen molar-refractivity contribution in [2.75, 3.05) is 51.5 Å². The van der Waals surface area contributed by atoms with Gasteiger partial charge in [-0.15, -0.1) is 0 Å². The maximum absolute atomic E-state index is 14.2. The van der Waals surface area contributed by atoms with Gasteiger partial charge < -0.3 is 107 Å². The molecule has 0 aliphatic carbocycles. The average molecular weight is 1270 g/mol. The zero-order chi connectivity index (χ0) is 66.2. The fourth-order valence-corrected chi connectivity index (χ4v) is 9.47. The molecule has 88 heavy (non-hydrogen) atoms. The van der Waals surface area contributed by atoms with Crippen molar-refractivity contribution in [2.45, 2.75) is 164 Å². The number of unbranched alkanes of at least 4 members (excludes halogenated alkanes) is 1. The van der Waals surface area contributed by atoms with Gasteiger partial charge in [-0.2, -0.15) is 11.8 Å². The molecule has 1 aromatic rings. The molecule has 1 heterocycles. The molecule has 0 aromatic heterocycles. The molecular weight excluding hydrogens is 1180 g/mol. The number of carbonyl (C=O) groups is 12. The standard InChI is InChI=1S/C54H90N16O17S/c1-28(2)22-35(64-46(79)36(23-30-12-6-5-7-13-30)65-48(81)37(25-71)66-43(76)31(56)24-41(57)75)45(78)61-32(17-21-88-4)44(77)69-42(29(3)74)51(84)68-39(27-73)49(82)67-38(26-72)47(80)62-33(14-8-9-18-55)52(85)70-20-11-16-40(70)50(83)63-34(53(86)87)15-10-19-60-54(58)59/h5-7,12-13,28-29,31-40,42,71-74H,8-11,14-27,55-56H2,1-4H3,(H2,57,75)(H,61,78)(H,62,80)(H,63,83)(H,64,79)(H,65,81)(H,66,76)(H,67,82)(H,68,84)(H,69,77)(H,86,87)(H4,58,59,60)/t29-,31+,32+,33+,34+,35+,36+,37+,38+,39+,40+,42+/m1/s1. The van der Waals surface area contributed by atoms with E-state index in [1.165, 1.54) is 16.7 Å². The van der Waals surface area contributed by atoms with Crippen molar-refractivity contribution in [3.8, 4) is 0 Å². The summed E-state index contributed by atoms with van der Waals surface area (Å²) in [4.78, 5) is 166. The van der Waals surface area contributed by atoms with Crippen molar-refractivity contribution >= 4 is 88.7 Å². The van der Waals surface area contributed by atoms with Gasteiger partial charge in [0.1, 0.15) is 60.4 Å². The topological polar surface area (TPSA) is 560 Å². The average Bonchev–Trinajstić information content (AvgIpc) is 4.21. The first-order chi connectivity index (χ1) is 41.6. The number of amides is 11. The van der Waals surface area contributed by atoms with Crippen LogP contribution in [0.15, 0.2) is 35.3 Å². The molecule has 34 heteroatoms. The fourth-order valence-electron chi connectivity index (χ4n) is 9.00. The maximum atomic E-state index is 14.2. The number of hydrogen-bond donors (Lipinski definition) is 19. The number of likely N-dealkylation sites (tertiary alicyclic amines) is 1. The number of rotatable bonds is 41. The van der Waals surface area contributed by atoms with Gasteiger partial charge in [0, 0.05) is 19.5 Å². The summed E-state index contributed by atoms with van der Waals surface area (Å²) >= 11 is 1.28. The second-order valence-corrected chi connectivity index (χ2v) is 22.4. The Hall–Kier alpha value is -7.76. The second kappa shape index (κ2) is 39.9. The van der Waals surface area contributed by atoms with E-state index in [-0.39, 0.29) is 82.2 Å². The Morgan fingerprint density at radius 2 is 1.12 bits per heavy atom. The number of guanidine groups is 1. The number of aliphatic carboxylic acids is 1. The number of nitrogens with one attached hydrogen (secondary N) is 9. The van der Waals surface area contributed by atoms with Crippen molar-refractivity contribution in [3.63, 3.8) is 0 Å². The van der Waals surface area contributed by atoms with Crippen molar-refractivity contribution in [1.29, 1.82) is 0 Å². The number of benzene rings is 1. The number of thioether (sulfide) groups is 1. The highest BCUT2D eigenvalue weighted by molar-refractivity contribution is 7.98. The molecule has 24 N–H and O–H groups in total. The van der Waals surface area contributed by atoms with Crippen molar-refractivity contribution < 1.29 is 83.1 Å². The Bertz CT molecular complexity index is 2530. The van der Waals surface area contributed by atoms with E-state index in [0.29, 0.717) is 24.8 Å². The minimum absolute atomic E-state index is 0.0196. The van der Waals surface area contributed by atoms with E-state index < -0.39 is 170 Å². The Morgan fingerprint density at radius 3 is 1.65 bits per heavy atom. The molecule has 1 aromatic carbocycles. The van der Waals surface area contributed by atoms with Crippen LogP contribution in [0.1, 0.15) is 90.5 Å². The second-order valence-electron chi connectivity index (χ2n) is 21.4. The SMILES string of the molecule is CSCC[C@H](NC(=O)[C@H](CC(C)C)NC(=O)[C@H](Cc1ccccc1)NC(=O)[C@H](CO)NC(=O)[C@@H](N)CC(N)=O)C(=O)N[C@H](C(=O)N[C@@H](CO)C(=O)N[C@@H](CO)C(=O)N[C@@H](CCCCN)C(=O)N1CCC[C@H]1C(=O)N[C@@H](CCCN=C(N)N)C(=O)O)[C@@H](C)O. The summed E-state index contributed by atoms with van der Waals surface area (Å²) in [5, 5.41) is 72.8. The summed E-state index contributed by atoms with van der Waals surface area (Å²) < 4.78 is 0. The zero-order valence-electron chi connectivity index (χ0n) is 49.9. The first-order valence-electron chi connectivity index (χ1n) is 28.7. The summed E-state index contributed by atoms with van der Waals surface area (Å²) in [6, 6.07) is -8.45. The molecule has 0 unspecified atom stereocenters. The van der Waals surface area contributed by atoms with Gasteiger partial charge in [0.25, 0.3) is 0 Å². The summed E-state index contributed by atoms with van der Waals surface area (Å²) in [5.41, 5.74) is 27.7. The van der Waals surface area contributed by atoms with Gasteiger partial charge in [-0.1, -0.05) is 44.2 Å². The van der Waals surface area contributed by atoms with Crippen LogP contribution in [0, 0.1) is 5.92 Å². The van der Waals surface area contributed by atoms with Crippen LogP contribution >= 0.6 is 11.8 Å². The smallest absolute Gasteiger partial charge is 0.326 e. The zero-order valence-corrected chi connectivity index (χ0v) is 50.8. The third-order valence-corrected chi connectivity index (χ3v) is 14.4. The summed E-state index contributed by atoms with van der Waals surface area (Å²) in [6.45, 7) is 1.79. The van der Waals surface area contributed by atoms with Crippen LogP contribution in [-0.4, -0.2) is 231 Å². The number of primary amides is 1. The molecule has 2 rings (SSSR count). The number of carbonyl (C=O) groups excluding carboxylic acids is 11. The molecule has 0 bridgehead atoms. The van der Waals surface area contributed by atoms with Crippen LogP contribution in [0.2, 0.25) is 0 Å². The Labute approximate surface area is 513 Å². The van der Waals surface area contributed by atoms with E-state index in [0.717, 1.165) is 6.92 Å². The molecule has 1 saturated heterocycles. The normalized spacial score (nSPS) is 16.6. The van der Waals surface area contributed by atoms with E-state index in [1.54, 1.807) is 50.4 Å². The van der Waals surface area contributed by atoms with Gasteiger partial charge in [-0.25, -0.2) is 4.79 Å². The number of hydrogen-bond acceptors (Lipinski definition) is 20. The molecule has 1 aliphatic rings. The van der Waals surface area contributed by atoms with Gasteiger partial charge in [0.15, 0.2) is 5.96 Å². The van der Waals surface area contributed by atoms with Crippen LogP contribution in [0.3, 0.4) is 0 Å². The third-order valence-electron chi connectivity index (χ3n) is 13.7. The van der Waals surface area contributed by atoms with E-state index in [2.05, 4.69) is 52.8 Å².